The van der Waals surface area contributed by atoms with Crippen molar-refractivity contribution in [2.75, 3.05) is 6.54 Å². The van der Waals surface area contributed by atoms with E-state index in [0.29, 0.717) is 47.5 Å². The minimum atomic E-state index is -0.623. The smallest absolute Gasteiger partial charge is 0.137 e. The molecular weight excluding hydrogens is 339 g/mol. The highest BCUT2D eigenvalue weighted by atomic mass is 19.1. The predicted octanol–water partition coefficient (Wildman–Crippen LogP) is 4.19. The van der Waals surface area contributed by atoms with E-state index in [4.69, 9.17) is 0 Å². The van der Waals surface area contributed by atoms with Gasteiger partial charge in [0, 0.05) is 35.9 Å². The molecule has 2 heterocycles. The Kier molecular flexibility index (Phi) is 4.42. The Morgan fingerprint density at radius 3 is 2.62 bits per heavy atom. The molecule has 0 spiro atoms. The first-order valence-corrected chi connectivity index (χ1v) is 8.40. The molecule has 0 amide bonds. The zero-order chi connectivity index (χ0) is 18.1. The van der Waals surface area contributed by atoms with Crippen molar-refractivity contribution in [3.63, 3.8) is 0 Å². The highest BCUT2D eigenvalue weighted by Crippen LogP contribution is 2.37. The number of hydrogen-bond acceptors (Lipinski definition) is 3. The Bertz CT molecular complexity index is 945. The highest BCUT2D eigenvalue weighted by Gasteiger charge is 2.26. The van der Waals surface area contributed by atoms with Gasteiger partial charge in [0.05, 0.1) is 5.69 Å². The van der Waals surface area contributed by atoms with Crippen LogP contribution in [0, 0.1) is 17.5 Å². The van der Waals surface area contributed by atoms with Gasteiger partial charge in [0.15, 0.2) is 0 Å². The molecule has 1 atom stereocenters. The summed E-state index contributed by atoms with van der Waals surface area (Å²) < 4.78 is 42.8. The SMILES string of the molecule is Fc1ccc(C2CCNCc3c2ccc(-c2cccnn2)c3F)c(F)c1. The Balaban J connectivity index is 1.84. The molecule has 6 heteroatoms. The van der Waals surface area contributed by atoms with Crippen molar-refractivity contribution < 1.29 is 13.2 Å². The van der Waals surface area contributed by atoms with Crippen LogP contribution in [0.5, 0.6) is 0 Å². The van der Waals surface area contributed by atoms with Crippen molar-refractivity contribution >= 4 is 0 Å². The Hall–Kier alpha value is -2.73. The van der Waals surface area contributed by atoms with Crippen LogP contribution >= 0.6 is 0 Å². The molecule has 0 fully saturated rings. The number of halogens is 3. The van der Waals surface area contributed by atoms with Crippen molar-refractivity contribution in [2.45, 2.75) is 18.9 Å². The Labute approximate surface area is 148 Å². The number of hydrogen-bond donors (Lipinski definition) is 1. The van der Waals surface area contributed by atoms with E-state index in [-0.39, 0.29) is 11.7 Å². The summed E-state index contributed by atoms with van der Waals surface area (Å²) in [5.41, 5.74) is 2.38. The summed E-state index contributed by atoms with van der Waals surface area (Å²) in [6.45, 7) is 0.949. The van der Waals surface area contributed by atoms with Gasteiger partial charge in [-0.1, -0.05) is 12.1 Å². The molecule has 0 radical (unpaired) electrons. The van der Waals surface area contributed by atoms with Gasteiger partial charge in [-0.3, -0.25) is 0 Å². The Morgan fingerprint density at radius 1 is 1.00 bits per heavy atom. The molecule has 3 nitrogen and oxygen atoms in total. The maximum absolute atomic E-state index is 15.2. The molecular formula is C20H16F3N3. The van der Waals surface area contributed by atoms with Gasteiger partial charge in [0.1, 0.15) is 17.5 Å². The number of nitrogens with one attached hydrogen (secondary N) is 1. The van der Waals surface area contributed by atoms with Crippen molar-refractivity contribution in [1.29, 1.82) is 0 Å². The van der Waals surface area contributed by atoms with Crippen molar-refractivity contribution in [3.8, 4) is 11.3 Å². The van der Waals surface area contributed by atoms with E-state index in [2.05, 4.69) is 15.5 Å². The molecule has 0 bridgehead atoms. The summed E-state index contributed by atoms with van der Waals surface area (Å²) in [7, 11) is 0. The number of benzene rings is 2. The lowest BCUT2D eigenvalue weighted by Crippen LogP contribution is -2.13. The van der Waals surface area contributed by atoms with Gasteiger partial charge in [-0.25, -0.2) is 13.2 Å². The average Bonchev–Trinajstić information content (AvgIpc) is 2.86. The molecule has 4 rings (SSSR count). The Morgan fingerprint density at radius 2 is 1.85 bits per heavy atom. The molecule has 0 saturated heterocycles. The summed E-state index contributed by atoms with van der Waals surface area (Å²) in [5, 5.41) is 10.9. The predicted molar refractivity (Wildman–Crippen MR) is 92.0 cm³/mol. The molecule has 1 aromatic heterocycles. The van der Waals surface area contributed by atoms with Crippen LogP contribution in [0.2, 0.25) is 0 Å². The van der Waals surface area contributed by atoms with Gasteiger partial charge in [-0.2, -0.15) is 10.2 Å². The third kappa shape index (κ3) is 2.97. The van der Waals surface area contributed by atoms with E-state index in [9.17, 15) is 8.78 Å². The average molecular weight is 355 g/mol. The fraction of sp³-hybridized carbons (Fsp3) is 0.200. The van der Waals surface area contributed by atoms with E-state index in [1.807, 2.05) is 6.07 Å². The fourth-order valence-electron chi connectivity index (χ4n) is 3.51. The molecule has 0 saturated carbocycles. The quantitative estimate of drug-likeness (QED) is 0.749. The summed E-state index contributed by atoms with van der Waals surface area (Å²) in [4.78, 5) is 0. The summed E-state index contributed by atoms with van der Waals surface area (Å²) in [5.74, 6) is -1.96. The monoisotopic (exact) mass is 355 g/mol. The molecule has 1 aliphatic rings. The fourth-order valence-corrected chi connectivity index (χ4v) is 3.51. The van der Waals surface area contributed by atoms with Crippen LogP contribution < -0.4 is 5.32 Å². The normalized spacial score (nSPS) is 16.8. The molecule has 132 valence electrons. The second-order valence-electron chi connectivity index (χ2n) is 6.29. The van der Waals surface area contributed by atoms with Gasteiger partial charge in [0.2, 0.25) is 0 Å². The molecule has 0 aliphatic carbocycles. The van der Waals surface area contributed by atoms with Crippen LogP contribution in [0.15, 0.2) is 48.7 Å². The van der Waals surface area contributed by atoms with E-state index in [1.165, 1.54) is 18.3 Å². The van der Waals surface area contributed by atoms with Crippen LogP contribution in [0.4, 0.5) is 13.2 Å². The zero-order valence-electron chi connectivity index (χ0n) is 13.8. The number of rotatable bonds is 2. The van der Waals surface area contributed by atoms with Crippen LogP contribution in [0.25, 0.3) is 11.3 Å². The summed E-state index contributed by atoms with van der Waals surface area (Å²) in [6, 6.07) is 10.4. The van der Waals surface area contributed by atoms with E-state index >= 15 is 4.39 Å². The van der Waals surface area contributed by atoms with Gasteiger partial charge in [-0.05, 0) is 48.4 Å². The lowest BCUT2D eigenvalue weighted by molar-refractivity contribution is 0.555. The highest BCUT2D eigenvalue weighted by molar-refractivity contribution is 5.62. The zero-order valence-corrected chi connectivity index (χ0v) is 13.8. The van der Waals surface area contributed by atoms with E-state index in [1.54, 1.807) is 18.2 Å². The standard InChI is InChI=1S/C20H16F3N3/c21-12-3-4-15(18(22)10-12)14-7-9-24-11-17-13(14)5-6-16(20(17)23)19-2-1-8-25-26-19/h1-6,8,10,14,24H,7,9,11H2. The van der Waals surface area contributed by atoms with Gasteiger partial charge in [-0.15, -0.1) is 0 Å². The second kappa shape index (κ2) is 6.88. The molecule has 1 N–H and O–H groups in total. The summed E-state index contributed by atoms with van der Waals surface area (Å²) in [6.07, 6.45) is 2.12. The molecule has 3 aromatic rings. The topological polar surface area (TPSA) is 37.8 Å². The van der Waals surface area contributed by atoms with E-state index in [0.717, 1.165) is 6.07 Å². The molecule has 1 aliphatic heterocycles. The van der Waals surface area contributed by atoms with Crippen molar-refractivity contribution in [1.82, 2.24) is 15.5 Å². The van der Waals surface area contributed by atoms with Crippen LogP contribution in [0.1, 0.15) is 29.0 Å². The molecule has 1 unspecified atom stereocenters. The lowest BCUT2D eigenvalue weighted by Gasteiger charge is -2.20. The summed E-state index contributed by atoms with van der Waals surface area (Å²) >= 11 is 0. The number of nitrogens with zero attached hydrogens (tertiary/aromatic N) is 2. The van der Waals surface area contributed by atoms with Gasteiger partial charge < -0.3 is 5.32 Å². The maximum atomic E-state index is 15.2. The van der Waals surface area contributed by atoms with Gasteiger partial charge >= 0.3 is 0 Å². The third-order valence-electron chi connectivity index (χ3n) is 4.75. The first-order valence-electron chi connectivity index (χ1n) is 8.40. The minimum Gasteiger partial charge on any atom is -0.313 e. The number of aromatic nitrogens is 2. The number of fused-ring (bicyclic) bond motifs is 1. The second-order valence-corrected chi connectivity index (χ2v) is 6.29. The van der Waals surface area contributed by atoms with Gasteiger partial charge in [0.25, 0.3) is 0 Å². The third-order valence-corrected chi connectivity index (χ3v) is 4.75. The lowest BCUT2D eigenvalue weighted by atomic mass is 9.85. The van der Waals surface area contributed by atoms with Crippen LogP contribution in [0.3, 0.4) is 0 Å². The van der Waals surface area contributed by atoms with E-state index < -0.39 is 11.6 Å². The van der Waals surface area contributed by atoms with Crippen molar-refractivity contribution in [2.24, 2.45) is 0 Å². The minimum absolute atomic E-state index is 0.342. The van der Waals surface area contributed by atoms with Crippen LogP contribution in [-0.4, -0.2) is 16.7 Å². The first-order chi connectivity index (χ1) is 12.6. The van der Waals surface area contributed by atoms with Crippen molar-refractivity contribution in [3.05, 3.63) is 82.8 Å². The molecule has 2 aromatic carbocycles. The first kappa shape index (κ1) is 16.7. The largest absolute Gasteiger partial charge is 0.313 e. The van der Waals surface area contributed by atoms with Crippen LogP contribution in [-0.2, 0) is 6.54 Å². The molecule has 26 heavy (non-hydrogen) atoms. The maximum Gasteiger partial charge on any atom is 0.137 e.